The second kappa shape index (κ2) is 9.14. The minimum Gasteiger partial charge on any atom is -0.480 e. The van der Waals surface area contributed by atoms with Crippen LogP contribution in [0.1, 0.15) is 48.6 Å². The van der Waals surface area contributed by atoms with Crippen molar-refractivity contribution in [1.82, 2.24) is 29.5 Å². The number of aromatic nitrogens is 6. The normalized spacial score (nSPS) is 20.8. The van der Waals surface area contributed by atoms with Gasteiger partial charge < -0.3 is 19.5 Å². The minimum absolute atomic E-state index is 0.0183. The summed E-state index contributed by atoms with van der Waals surface area (Å²) < 4.78 is 57.4. The average Bonchev–Trinajstić information content (AvgIpc) is 3.23. The van der Waals surface area contributed by atoms with Crippen LogP contribution in [-0.2, 0) is 10.9 Å². The van der Waals surface area contributed by atoms with Gasteiger partial charge in [0.1, 0.15) is 29.1 Å². The number of anilines is 1. The molecule has 1 aliphatic carbocycles. The van der Waals surface area contributed by atoms with E-state index in [9.17, 15) is 18.4 Å². The van der Waals surface area contributed by atoms with Crippen molar-refractivity contribution in [3.63, 3.8) is 0 Å². The molecule has 4 heterocycles. The first-order valence-corrected chi connectivity index (χ1v) is 11.0. The summed E-state index contributed by atoms with van der Waals surface area (Å²) in [5.41, 5.74) is -0.767. The number of nitrogens with one attached hydrogen (secondary N) is 1. The minimum atomic E-state index is -4.64. The summed E-state index contributed by atoms with van der Waals surface area (Å²) in [5, 5.41) is 20.9. The van der Waals surface area contributed by atoms with Gasteiger partial charge in [0, 0.05) is 24.4 Å². The van der Waals surface area contributed by atoms with Crippen LogP contribution in [0.15, 0.2) is 12.4 Å². The van der Waals surface area contributed by atoms with Gasteiger partial charge in [-0.1, -0.05) is 6.42 Å². The molecule has 2 atom stereocenters. The van der Waals surface area contributed by atoms with E-state index >= 15 is 0 Å². The second-order valence-electron chi connectivity index (χ2n) is 8.40. The Kier molecular flexibility index (Phi) is 6.01. The lowest BCUT2D eigenvalue weighted by Gasteiger charge is -2.29. The van der Waals surface area contributed by atoms with Crippen LogP contribution in [0, 0.1) is 11.3 Å². The van der Waals surface area contributed by atoms with Crippen LogP contribution in [0.2, 0.25) is 0 Å². The van der Waals surface area contributed by atoms with Gasteiger partial charge in [0.05, 0.1) is 20.3 Å². The zero-order valence-corrected chi connectivity index (χ0v) is 18.6. The molecule has 3 aromatic rings. The third-order valence-electron chi connectivity index (χ3n) is 6.03. The lowest BCUT2D eigenvalue weighted by molar-refractivity contribution is -0.142. The molecule has 1 aliphatic heterocycles. The smallest absolute Gasteiger partial charge is 0.423 e. The maximum absolute atomic E-state index is 13.4. The number of hydrogen-bond acceptors (Lipinski definition) is 10. The summed E-state index contributed by atoms with van der Waals surface area (Å²) >= 11 is 0. The molecule has 0 aromatic carbocycles. The number of ether oxygens (including phenoxy) is 3. The Balaban J connectivity index is 1.35. The molecule has 1 N–H and O–H groups in total. The Morgan fingerprint density at radius 1 is 1.20 bits per heavy atom. The quantitative estimate of drug-likeness (QED) is 0.550. The van der Waals surface area contributed by atoms with Gasteiger partial charge in [-0.2, -0.15) is 28.4 Å². The molecular weight excluding hydrogens is 469 g/mol. The monoisotopic (exact) mass is 490 g/mol. The number of methoxy groups -OCH3 is 1. The third kappa shape index (κ3) is 4.63. The number of hydrogen-bond donors (Lipinski definition) is 1. The molecule has 184 valence electrons. The molecule has 11 nitrogen and oxygen atoms in total. The molecule has 2 aliphatic rings. The van der Waals surface area contributed by atoms with E-state index in [2.05, 4.69) is 30.5 Å². The third-order valence-corrected chi connectivity index (χ3v) is 6.03. The molecule has 5 rings (SSSR count). The van der Waals surface area contributed by atoms with Crippen molar-refractivity contribution in [2.45, 2.75) is 49.9 Å². The van der Waals surface area contributed by atoms with Crippen LogP contribution in [0.4, 0.5) is 19.1 Å². The summed E-state index contributed by atoms with van der Waals surface area (Å²) in [6.07, 6.45) is 0.295. The van der Waals surface area contributed by atoms with E-state index < -0.39 is 23.7 Å². The van der Waals surface area contributed by atoms with Crippen LogP contribution in [0.25, 0.3) is 5.78 Å². The molecule has 3 aromatic heterocycles. The molecule has 35 heavy (non-hydrogen) atoms. The molecule has 0 radical (unpaired) electrons. The molecule has 0 bridgehead atoms. The summed E-state index contributed by atoms with van der Waals surface area (Å²) in [7, 11) is 1.42. The number of fused-ring (bicyclic) bond motifs is 1. The highest BCUT2D eigenvalue weighted by molar-refractivity contribution is 5.43. The highest BCUT2D eigenvalue weighted by atomic mass is 19.4. The summed E-state index contributed by atoms with van der Waals surface area (Å²) in [5.74, 6) is 0.675. The molecule has 14 heteroatoms. The van der Waals surface area contributed by atoms with Gasteiger partial charge in [-0.3, -0.25) is 4.40 Å². The van der Waals surface area contributed by atoms with E-state index in [1.165, 1.54) is 7.11 Å². The fourth-order valence-electron chi connectivity index (χ4n) is 4.24. The Morgan fingerprint density at radius 2 is 2.03 bits per heavy atom. The molecule has 0 spiro atoms. The Labute approximate surface area is 197 Å². The molecule has 0 amide bonds. The van der Waals surface area contributed by atoms with Gasteiger partial charge >= 0.3 is 6.18 Å². The van der Waals surface area contributed by atoms with Crippen molar-refractivity contribution in [2.75, 3.05) is 25.6 Å². The Morgan fingerprint density at radius 3 is 2.71 bits per heavy atom. The maximum atomic E-state index is 13.4. The first-order chi connectivity index (χ1) is 16.9. The van der Waals surface area contributed by atoms with Gasteiger partial charge in [-0.15, -0.1) is 10.2 Å². The number of nitriles is 1. The van der Waals surface area contributed by atoms with Crippen molar-refractivity contribution >= 4 is 11.7 Å². The van der Waals surface area contributed by atoms with E-state index in [-0.39, 0.29) is 42.6 Å². The van der Waals surface area contributed by atoms with Crippen molar-refractivity contribution in [2.24, 2.45) is 0 Å². The topological polar surface area (TPSA) is 132 Å². The highest BCUT2D eigenvalue weighted by Gasteiger charge is 2.38. The van der Waals surface area contributed by atoms with E-state index in [1.807, 2.05) is 6.07 Å². The summed E-state index contributed by atoms with van der Waals surface area (Å²) in [6, 6.07) is 1.94. The molecule has 2 fully saturated rings. The van der Waals surface area contributed by atoms with Crippen LogP contribution in [-0.4, -0.2) is 62.0 Å². The van der Waals surface area contributed by atoms with Crippen molar-refractivity contribution < 1.29 is 27.4 Å². The van der Waals surface area contributed by atoms with Crippen molar-refractivity contribution in [3.05, 3.63) is 29.3 Å². The van der Waals surface area contributed by atoms with E-state index in [4.69, 9.17) is 14.2 Å². The first-order valence-electron chi connectivity index (χ1n) is 11.0. The van der Waals surface area contributed by atoms with Crippen molar-refractivity contribution in [1.29, 1.82) is 5.26 Å². The standard InChI is InChI=1S/C21H21F3N8O3/c1-33-17-12(6-25)8-32-16(30-31-20(32)29-17)11-3-2-4-13(5-11)27-19-26-7-15(21(22,23)24)18(28-19)35-14-9-34-10-14/h7-8,11,13-14H,2-5,9-10H2,1H3,(H,26,27,28)/t11-,13+/m0/s1. The zero-order chi connectivity index (χ0) is 24.6. The lowest BCUT2D eigenvalue weighted by Crippen LogP contribution is -2.39. The number of nitrogens with zero attached hydrogens (tertiary/aromatic N) is 7. The SMILES string of the molecule is COc1nc2nnc([C@H]3CCC[C@@H](Nc4ncc(C(F)(F)F)c(OC5COC5)n4)C3)n2cc1C#N. The van der Waals surface area contributed by atoms with Crippen molar-refractivity contribution in [3.8, 4) is 17.8 Å². The number of rotatable bonds is 6. The van der Waals surface area contributed by atoms with E-state index in [1.54, 1.807) is 10.6 Å². The fraction of sp³-hybridized carbons (Fsp3) is 0.524. The highest BCUT2D eigenvalue weighted by Crippen LogP contribution is 2.37. The van der Waals surface area contributed by atoms with Gasteiger partial charge in [0.2, 0.25) is 17.7 Å². The predicted molar refractivity (Wildman–Crippen MR) is 113 cm³/mol. The largest absolute Gasteiger partial charge is 0.480 e. The van der Waals surface area contributed by atoms with Gasteiger partial charge in [0.25, 0.3) is 5.78 Å². The van der Waals surface area contributed by atoms with Gasteiger partial charge in [0.15, 0.2) is 0 Å². The number of alkyl halides is 3. The average molecular weight is 490 g/mol. The van der Waals surface area contributed by atoms with E-state index in [0.717, 1.165) is 25.5 Å². The predicted octanol–water partition coefficient (Wildman–Crippen LogP) is 2.73. The van der Waals surface area contributed by atoms with Crippen LogP contribution < -0.4 is 14.8 Å². The van der Waals surface area contributed by atoms with Crippen LogP contribution in [0.3, 0.4) is 0 Å². The summed E-state index contributed by atoms with van der Waals surface area (Å²) in [6.45, 7) is 0.434. The first kappa shape index (κ1) is 23.0. The van der Waals surface area contributed by atoms with Gasteiger partial charge in [-0.25, -0.2) is 4.98 Å². The molecule has 1 saturated carbocycles. The van der Waals surface area contributed by atoms with Crippen LogP contribution >= 0.6 is 0 Å². The lowest BCUT2D eigenvalue weighted by atomic mass is 9.85. The fourth-order valence-corrected chi connectivity index (χ4v) is 4.24. The maximum Gasteiger partial charge on any atom is 0.423 e. The molecule has 1 saturated heterocycles. The van der Waals surface area contributed by atoms with E-state index in [0.29, 0.717) is 18.0 Å². The zero-order valence-electron chi connectivity index (χ0n) is 18.6. The second-order valence-corrected chi connectivity index (χ2v) is 8.40. The molecule has 0 unspecified atom stereocenters. The van der Waals surface area contributed by atoms with Crippen LogP contribution in [0.5, 0.6) is 11.8 Å². The van der Waals surface area contributed by atoms with Gasteiger partial charge in [-0.05, 0) is 19.3 Å². The number of halogens is 3. The Hall–Kier alpha value is -3.73. The molecular formula is C21H21F3N8O3. The Bertz CT molecular complexity index is 1270. The summed E-state index contributed by atoms with van der Waals surface area (Å²) in [4.78, 5) is 12.1.